The first-order chi connectivity index (χ1) is 29.1. The van der Waals surface area contributed by atoms with Crippen molar-refractivity contribution >= 4 is 10.8 Å². The van der Waals surface area contributed by atoms with E-state index in [4.69, 9.17) is 4.98 Å². The molecule has 0 N–H and O–H groups in total. The summed E-state index contributed by atoms with van der Waals surface area (Å²) in [7, 11) is 0. The van der Waals surface area contributed by atoms with Crippen LogP contribution in [0.15, 0.2) is 201 Å². The van der Waals surface area contributed by atoms with Gasteiger partial charge in [0.25, 0.3) is 0 Å². The lowest BCUT2D eigenvalue weighted by Crippen LogP contribution is -2.52. The number of fused-ring (bicyclic) bond motifs is 11. The van der Waals surface area contributed by atoms with Gasteiger partial charge in [0.1, 0.15) is 5.92 Å². The Morgan fingerprint density at radius 3 is 2.05 bits per heavy atom. The zero-order valence-electron chi connectivity index (χ0n) is 33.3. The van der Waals surface area contributed by atoms with Crippen LogP contribution in [0, 0.1) is 13.8 Å². The van der Waals surface area contributed by atoms with Gasteiger partial charge in [-0.15, -0.1) is 0 Å². The number of allylic oxidation sites excluding steroid dienone is 1. The van der Waals surface area contributed by atoms with Gasteiger partial charge in [0, 0.05) is 47.0 Å². The molecule has 0 fully saturated rings. The second-order valence-electron chi connectivity index (χ2n) is 16.1. The highest BCUT2D eigenvalue weighted by Crippen LogP contribution is 2.51. The molecule has 0 radical (unpaired) electrons. The van der Waals surface area contributed by atoms with Gasteiger partial charge in [0.05, 0.1) is 16.8 Å². The fourth-order valence-electron chi connectivity index (χ4n) is 10.1. The highest BCUT2D eigenvalue weighted by molar-refractivity contribution is 6.12. The van der Waals surface area contributed by atoms with Gasteiger partial charge in [-0.2, -0.15) is 9.13 Å². The Labute approximate surface area is 345 Å². The van der Waals surface area contributed by atoms with Crippen LogP contribution in [-0.2, 0) is 0 Å². The average molecular weight is 758 g/mol. The minimum atomic E-state index is 0.0254. The largest absolute Gasteiger partial charge is 0.256 e. The molecule has 3 nitrogen and oxygen atoms in total. The Morgan fingerprint density at radius 2 is 1.22 bits per heavy atom. The molecule has 2 aliphatic heterocycles. The molecule has 9 aromatic rings. The normalized spacial score (nSPS) is 16.2. The number of pyridine rings is 3. The van der Waals surface area contributed by atoms with E-state index in [2.05, 4.69) is 218 Å². The summed E-state index contributed by atoms with van der Waals surface area (Å²) in [4.78, 5) is 5.14. The second kappa shape index (κ2) is 14.0. The lowest BCUT2D eigenvalue weighted by molar-refractivity contribution is -0.739. The predicted octanol–water partition coefficient (Wildman–Crippen LogP) is 12.9. The van der Waals surface area contributed by atoms with Crippen LogP contribution in [0.3, 0.4) is 0 Å². The first-order valence-corrected chi connectivity index (χ1v) is 20.6. The standard InChI is InChI=1S/C56H43N3/c1-4-50-54-45-20-12-11-19-44(45)52-34-37(3)29-32-59(52)56(54)47-25-23-40(35-49(47)51-21-13-14-31-58(50)51)41-26-27-42(43-24-22-36(2)33-48(43)38-15-7-5-8-16-38)46-28-30-57-55(53(41)46)39-17-9-6-10-18-39/h4-35,50,54,56H,1H2,2-3H3/q+2. The van der Waals surface area contributed by atoms with Gasteiger partial charge < -0.3 is 0 Å². The van der Waals surface area contributed by atoms with Crippen LogP contribution in [0.25, 0.3) is 77.9 Å². The van der Waals surface area contributed by atoms with Crippen molar-refractivity contribution in [3.63, 3.8) is 0 Å². The molecule has 3 atom stereocenters. The average Bonchev–Trinajstić information content (AvgIpc) is 3.41. The molecule has 3 aromatic heterocycles. The molecule has 5 heterocycles. The molecule has 0 saturated carbocycles. The molecule has 0 spiro atoms. The van der Waals surface area contributed by atoms with Crippen molar-refractivity contribution in [3.8, 4) is 67.2 Å². The van der Waals surface area contributed by atoms with Gasteiger partial charge in [-0.25, -0.2) is 0 Å². The molecule has 0 saturated heterocycles. The summed E-state index contributed by atoms with van der Waals surface area (Å²) in [6.07, 6.45) is 8.68. The fourth-order valence-corrected chi connectivity index (χ4v) is 10.1. The van der Waals surface area contributed by atoms with Crippen LogP contribution in [0.4, 0.5) is 0 Å². The summed E-state index contributed by atoms with van der Waals surface area (Å²) < 4.78 is 4.98. The molecule has 3 heteroatoms. The van der Waals surface area contributed by atoms with Gasteiger partial charge >= 0.3 is 0 Å². The smallest absolute Gasteiger partial charge is 0.213 e. The molecule has 2 aliphatic rings. The second-order valence-corrected chi connectivity index (χ2v) is 16.1. The highest BCUT2D eigenvalue weighted by Gasteiger charge is 2.51. The van der Waals surface area contributed by atoms with Crippen molar-refractivity contribution in [1.82, 2.24) is 4.98 Å². The van der Waals surface area contributed by atoms with E-state index >= 15 is 0 Å². The molecular weight excluding hydrogens is 715 g/mol. The van der Waals surface area contributed by atoms with Gasteiger partial charge in [0.15, 0.2) is 24.5 Å². The SMILES string of the molecule is C=CC1C2c3ccccc3-c3cc(C)cc[n+]3C2c2ccc(-c3ccc(-c4ccc(C)cc4-c4ccccc4)c4ccnc(-c5ccccc5)c34)cc2-c2cccc[n+]21. The van der Waals surface area contributed by atoms with Crippen molar-refractivity contribution in [1.29, 1.82) is 0 Å². The summed E-state index contributed by atoms with van der Waals surface area (Å²) in [5.74, 6) is 0.129. The van der Waals surface area contributed by atoms with Crippen molar-refractivity contribution < 1.29 is 9.13 Å². The minimum absolute atomic E-state index is 0.0254. The number of nitrogens with zero attached hydrogens (tertiary/aromatic N) is 3. The molecule has 6 aromatic carbocycles. The predicted molar refractivity (Wildman–Crippen MR) is 241 cm³/mol. The molecule has 3 unspecified atom stereocenters. The van der Waals surface area contributed by atoms with E-state index in [1.165, 1.54) is 72.4 Å². The lowest BCUT2D eigenvalue weighted by atomic mass is 9.75. The Bertz CT molecular complexity index is 3110. The van der Waals surface area contributed by atoms with Crippen molar-refractivity contribution in [2.45, 2.75) is 31.8 Å². The third-order valence-electron chi connectivity index (χ3n) is 12.7. The van der Waals surface area contributed by atoms with Crippen molar-refractivity contribution in [2.75, 3.05) is 0 Å². The summed E-state index contributed by atoms with van der Waals surface area (Å²) in [6.45, 7) is 8.85. The number of benzene rings is 6. The van der Waals surface area contributed by atoms with E-state index in [0.717, 1.165) is 27.8 Å². The summed E-state index contributed by atoms with van der Waals surface area (Å²) in [5, 5.41) is 2.33. The number of aromatic nitrogens is 3. The summed E-state index contributed by atoms with van der Waals surface area (Å²) in [6, 6.07) is 62.5. The molecule has 0 bridgehead atoms. The van der Waals surface area contributed by atoms with Gasteiger partial charge in [0.2, 0.25) is 11.4 Å². The van der Waals surface area contributed by atoms with Gasteiger partial charge in [-0.3, -0.25) is 4.98 Å². The van der Waals surface area contributed by atoms with E-state index in [9.17, 15) is 0 Å². The number of aryl methyl sites for hydroxylation is 2. The maximum atomic E-state index is 5.14. The Morgan fingerprint density at radius 1 is 0.492 bits per heavy atom. The minimum Gasteiger partial charge on any atom is -0.256 e. The summed E-state index contributed by atoms with van der Waals surface area (Å²) in [5.41, 5.74) is 19.4. The zero-order chi connectivity index (χ0) is 39.6. The molecule has 0 amide bonds. The molecule has 11 rings (SSSR count). The van der Waals surface area contributed by atoms with Crippen LogP contribution < -0.4 is 9.13 Å². The molecule has 280 valence electrons. The molecule has 0 aliphatic carbocycles. The van der Waals surface area contributed by atoms with E-state index in [-0.39, 0.29) is 18.0 Å². The third-order valence-corrected chi connectivity index (χ3v) is 12.7. The van der Waals surface area contributed by atoms with Crippen LogP contribution >= 0.6 is 0 Å². The number of hydrogen-bond donors (Lipinski definition) is 0. The van der Waals surface area contributed by atoms with E-state index in [1.54, 1.807) is 0 Å². The van der Waals surface area contributed by atoms with E-state index in [1.807, 2.05) is 6.20 Å². The highest BCUT2D eigenvalue weighted by atomic mass is 15.1. The van der Waals surface area contributed by atoms with Gasteiger partial charge in [-0.05, 0) is 94.1 Å². The zero-order valence-corrected chi connectivity index (χ0v) is 33.3. The van der Waals surface area contributed by atoms with Crippen molar-refractivity contribution in [3.05, 3.63) is 223 Å². The molecule has 59 heavy (non-hydrogen) atoms. The van der Waals surface area contributed by atoms with Crippen molar-refractivity contribution in [2.24, 2.45) is 0 Å². The fraction of sp³-hybridized carbons (Fsp3) is 0.0893. The summed E-state index contributed by atoms with van der Waals surface area (Å²) >= 11 is 0. The third kappa shape index (κ3) is 5.61. The van der Waals surface area contributed by atoms with Crippen LogP contribution in [0.2, 0.25) is 0 Å². The topological polar surface area (TPSA) is 20.6 Å². The quantitative estimate of drug-likeness (QED) is 0.126. The maximum Gasteiger partial charge on any atom is 0.213 e. The Kier molecular flexibility index (Phi) is 8.30. The number of rotatable bonds is 5. The van der Waals surface area contributed by atoms with Crippen LogP contribution in [0.1, 0.15) is 40.3 Å². The van der Waals surface area contributed by atoms with Gasteiger partial charge in [-0.1, -0.05) is 133 Å². The first kappa shape index (κ1) is 35.0. The first-order valence-electron chi connectivity index (χ1n) is 20.6. The lowest BCUT2D eigenvalue weighted by Gasteiger charge is -2.31. The maximum absolute atomic E-state index is 5.14. The van der Waals surface area contributed by atoms with Crippen LogP contribution in [-0.4, -0.2) is 4.98 Å². The monoisotopic (exact) mass is 757 g/mol. The van der Waals surface area contributed by atoms with Crippen LogP contribution in [0.5, 0.6) is 0 Å². The Hall–Kier alpha value is -7.23. The molecular formula is C56H43N3+2. The Balaban J connectivity index is 1.19. The number of hydrogen-bond acceptors (Lipinski definition) is 1. The van der Waals surface area contributed by atoms with E-state index in [0.29, 0.717) is 0 Å². The van der Waals surface area contributed by atoms with E-state index < -0.39 is 0 Å².